The first kappa shape index (κ1) is 19.8. The average Bonchev–Trinajstić information content (AvgIpc) is 2.75. The van der Waals surface area contributed by atoms with Gasteiger partial charge in [-0.15, -0.1) is 0 Å². The highest BCUT2D eigenvalue weighted by molar-refractivity contribution is 6.30. The second kappa shape index (κ2) is 7.71. The summed E-state index contributed by atoms with van der Waals surface area (Å²) in [5.74, 6) is -0.345. The molecular formula is C24H20BN3O2. The Labute approximate surface area is 175 Å². The number of carbonyl (C=O) groups is 1. The lowest BCUT2D eigenvalue weighted by atomic mass is 10.0. The Morgan fingerprint density at radius 1 is 1.10 bits per heavy atom. The Morgan fingerprint density at radius 3 is 2.60 bits per heavy atom. The monoisotopic (exact) mass is 393 g/mol. The number of fused-ring (bicyclic) bond motifs is 1. The highest BCUT2D eigenvalue weighted by Gasteiger charge is 2.20. The van der Waals surface area contributed by atoms with Crippen molar-refractivity contribution in [3.8, 4) is 0 Å². The van der Waals surface area contributed by atoms with Crippen LogP contribution in [0.2, 0.25) is 0 Å². The van der Waals surface area contributed by atoms with Gasteiger partial charge in [-0.2, -0.15) is 0 Å². The number of aromatic nitrogens is 3. The summed E-state index contributed by atoms with van der Waals surface area (Å²) in [5.41, 5.74) is 3.86. The molecule has 1 atom stereocenters. The van der Waals surface area contributed by atoms with Crippen molar-refractivity contribution < 1.29 is 4.79 Å². The van der Waals surface area contributed by atoms with Crippen LogP contribution in [0.4, 0.5) is 0 Å². The van der Waals surface area contributed by atoms with Gasteiger partial charge in [-0.1, -0.05) is 24.3 Å². The standard InChI is InChI=1S/C24H20BN3O2/c1-14-11-17(12-26-15(14)2)23(29)19-13-28(16(3)20-8-6-10-22(25)27-20)21-9-5-4-7-18(21)24(19)30/h4-13,16H,1-3H3. The van der Waals surface area contributed by atoms with Crippen molar-refractivity contribution in [1.82, 2.24) is 14.5 Å². The van der Waals surface area contributed by atoms with Crippen LogP contribution in [-0.4, -0.2) is 28.2 Å². The van der Waals surface area contributed by atoms with E-state index >= 15 is 0 Å². The smallest absolute Gasteiger partial charge is 0.200 e. The maximum atomic E-state index is 13.3. The molecule has 0 bridgehead atoms. The van der Waals surface area contributed by atoms with E-state index in [2.05, 4.69) is 9.97 Å². The van der Waals surface area contributed by atoms with Gasteiger partial charge >= 0.3 is 0 Å². The summed E-state index contributed by atoms with van der Waals surface area (Å²) >= 11 is 0. The van der Waals surface area contributed by atoms with Crippen LogP contribution in [0.25, 0.3) is 10.9 Å². The molecule has 3 aromatic heterocycles. The molecule has 0 saturated carbocycles. The molecule has 0 fully saturated rings. The normalized spacial score (nSPS) is 12.1. The van der Waals surface area contributed by atoms with Crippen LogP contribution in [0.15, 0.2) is 65.7 Å². The maximum absolute atomic E-state index is 13.3. The van der Waals surface area contributed by atoms with Crippen LogP contribution in [0.1, 0.15) is 45.8 Å². The predicted molar refractivity (Wildman–Crippen MR) is 119 cm³/mol. The molecule has 146 valence electrons. The van der Waals surface area contributed by atoms with Crippen LogP contribution in [0.3, 0.4) is 0 Å². The minimum absolute atomic E-state index is 0.106. The van der Waals surface area contributed by atoms with Gasteiger partial charge < -0.3 is 4.57 Å². The molecule has 0 spiro atoms. The number of nitrogens with zero attached hydrogens (tertiary/aromatic N) is 3. The van der Waals surface area contributed by atoms with Gasteiger partial charge in [0.05, 0.1) is 22.8 Å². The van der Waals surface area contributed by atoms with Crippen LogP contribution >= 0.6 is 0 Å². The molecule has 0 aliphatic heterocycles. The van der Waals surface area contributed by atoms with Gasteiger partial charge in [0.1, 0.15) is 7.85 Å². The summed E-state index contributed by atoms with van der Waals surface area (Å²) in [6.45, 7) is 5.74. The second-order valence-electron chi connectivity index (χ2n) is 7.42. The molecule has 2 radical (unpaired) electrons. The van der Waals surface area contributed by atoms with Crippen LogP contribution in [0.5, 0.6) is 0 Å². The number of hydrogen-bond donors (Lipinski definition) is 0. The SMILES string of the molecule is [B]c1cccc(C(C)n2cc(C(=O)c3cnc(C)c(C)c3)c(=O)c3ccccc32)n1. The zero-order valence-electron chi connectivity index (χ0n) is 17.1. The number of pyridine rings is 3. The van der Waals surface area contributed by atoms with E-state index in [4.69, 9.17) is 7.85 Å². The first-order valence-electron chi connectivity index (χ1n) is 9.71. The summed E-state index contributed by atoms with van der Waals surface area (Å²) in [6, 6.07) is 14.2. The van der Waals surface area contributed by atoms with E-state index in [0.29, 0.717) is 16.5 Å². The summed E-state index contributed by atoms with van der Waals surface area (Å²) < 4.78 is 1.90. The van der Waals surface area contributed by atoms with Crippen molar-refractivity contribution in [2.45, 2.75) is 26.8 Å². The molecule has 0 aliphatic carbocycles. The lowest BCUT2D eigenvalue weighted by molar-refractivity contribution is 0.103. The molecule has 6 heteroatoms. The molecular weight excluding hydrogens is 373 g/mol. The zero-order chi connectivity index (χ0) is 21.4. The molecule has 4 rings (SSSR count). The molecule has 1 unspecified atom stereocenters. The first-order valence-corrected chi connectivity index (χ1v) is 9.71. The molecule has 1 aromatic carbocycles. The molecule has 4 aromatic rings. The first-order chi connectivity index (χ1) is 14.4. The van der Waals surface area contributed by atoms with E-state index < -0.39 is 0 Å². The van der Waals surface area contributed by atoms with Gasteiger partial charge in [-0.3, -0.25) is 19.6 Å². The summed E-state index contributed by atoms with van der Waals surface area (Å²) in [4.78, 5) is 35.1. The fraction of sp³-hybridized carbons (Fsp3) is 0.167. The highest BCUT2D eigenvalue weighted by atomic mass is 16.1. The van der Waals surface area contributed by atoms with E-state index in [9.17, 15) is 9.59 Å². The minimum Gasteiger partial charge on any atom is -0.338 e. The Morgan fingerprint density at radius 2 is 1.87 bits per heavy atom. The number of benzene rings is 1. The van der Waals surface area contributed by atoms with E-state index in [1.54, 1.807) is 30.5 Å². The fourth-order valence-electron chi connectivity index (χ4n) is 3.55. The van der Waals surface area contributed by atoms with Crippen LogP contribution in [0, 0.1) is 13.8 Å². The number of hydrogen-bond acceptors (Lipinski definition) is 4. The lowest BCUT2D eigenvalue weighted by Crippen LogP contribution is -2.23. The second-order valence-corrected chi connectivity index (χ2v) is 7.42. The Bertz CT molecular complexity index is 1340. The van der Waals surface area contributed by atoms with Gasteiger partial charge in [0, 0.05) is 29.0 Å². The molecule has 0 N–H and O–H groups in total. The van der Waals surface area contributed by atoms with E-state index in [1.807, 2.05) is 49.6 Å². The quantitative estimate of drug-likeness (QED) is 0.395. The largest absolute Gasteiger partial charge is 0.338 e. The van der Waals surface area contributed by atoms with E-state index in [1.165, 1.54) is 6.20 Å². The maximum Gasteiger partial charge on any atom is 0.200 e. The van der Waals surface area contributed by atoms with Crippen molar-refractivity contribution in [3.05, 3.63) is 99.2 Å². The van der Waals surface area contributed by atoms with Gasteiger partial charge in [-0.05, 0) is 56.2 Å². The Balaban J connectivity index is 1.93. The lowest BCUT2D eigenvalue weighted by Gasteiger charge is -2.20. The van der Waals surface area contributed by atoms with E-state index in [-0.39, 0.29) is 22.8 Å². The number of carbonyl (C=O) groups excluding carboxylic acids is 1. The van der Waals surface area contributed by atoms with E-state index in [0.717, 1.165) is 22.5 Å². The number of para-hydroxylation sites is 1. The Hall–Kier alpha value is -3.54. The fourth-order valence-corrected chi connectivity index (χ4v) is 3.55. The topological polar surface area (TPSA) is 64.8 Å². The summed E-state index contributed by atoms with van der Waals surface area (Å²) in [6.07, 6.45) is 3.14. The van der Waals surface area contributed by atoms with Crippen molar-refractivity contribution in [2.75, 3.05) is 0 Å². The number of ketones is 1. The molecule has 5 nitrogen and oxygen atoms in total. The Kier molecular flexibility index (Phi) is 5.08. The van der Waals surface area contributed by atoms with Crippen LogP contribution in [-0.2, 0) is 0 Å². The minimum atomic E-state index is -0.345. The van der Waals surface area contributed by atoms with Gasteiger partial charge in [0.25, 0.3) is 0 Å². The molecule has 3 heterocycles. The zero-order valence-corrected chi connectivity index (χ0v) is 17.1. The van der Waals surface area contributed by atoms with Crippen molar-refractivity contribution >= 4 is 30.1 Å². The van der Waals surface area contributed by atoms with Gasteiger partial charge in [0.15, 0.2) is 5.78 Å². The molecule has 30 heavy (non-hydrogen) atoms. The molecule has 0 saturated heterocycles. The summed E-state index contributed by atoms with van der Waals surface area (Å²) in [5, 5.41) is 0.482. The predicted octanol–water partition coefficient (Wildman–Crippen LogP) is 3.04. The average molecular weight is 393 g/mol. The number of aryl methyl sites for hydroxylation is 2. The molecule has 0 amide bonds. The third-order valence-electron chi connectivity index (χ3n) is 5.42. The van der Waals surface area contributed by atoms with Crippen molar-refractivity contribution in [2.24, 2.45) is 0 Å². The van der Waals surface area contributed by atoms with Crippen molar-refractivity contribution in [3.63, 3.8) is 0 Å². The summed E-state index contributed by atoms with van der Waals surface area (Å²) in [7, 11) is 5.86. The highest BCUT2D eigenvalue weighted by Crippen LogP contribution is 2.22. The van der Waals surface area contributed by atoms with Crippen LogP contribution < -0.4 is 11.0 Å². The third kappa shape index (κ3) is 3.45. The number of rotatable bonds is 4. The molecule has 0 aliphatic rings. The van der Waals surface area contributed by atoms with Gasteiger partial charge in [0.2, 0.25) is 5.43 Å². The van der Waals surface area contributed by atoms with Crippen molar-refractivity contribution in [1.29, 1.82) is 0 Å². The van der Waals surface area contributed by atoms with Gasteiger partial charge in [-0.25, -0.2) is 0 Å². The third-order valence-corrected chi connectivity index (χ3v) is 5.42.